The Kier molecular flexibility index (Phi) is 2.91. The summed E-state index contributed by atoms with van der Waals surface area (Å²) in [6.07, 6.45) is 4.88. The molecule has 1 heterocycles. The fourth-order valence-electron chi connectivity index (χ4n) is 2.43. The van der Waals surface area contributed by atoms with E-state index < -0.39 is 0 Å². The lowest BCUT2D eigenvalue weighted by Gasteiger charge is -2.29. The predicted octanol–water partition coefficient (Wildman–Crippen LogP) is 0.705. The smallest absolute Gasteiger partial charge is 0.317 e. The molecule has 1 aliphatic carbocycles. The number of aliphatic hydroxyl groups excluding tert-OH is 1. The van der Waals surface area contributed by atoms with Gasteiger partial charge < -0.3 is 15.3 Å². The highest BCUT2D eigenvalue weighted by Crippen LogP contribution is 2.23. The van der Waals surface area contributed by atoms with Gasteiger partial charge in [0.15, 0.2) is 0 Å². The van der Waals surface area contributed by atoms with Crippen LogP contribution in [0.4, 0.5) is 4.79 Å². The van der Waals surface area contributed by atoms with Crippen LogP contribution >= 0.6 is 0 Å². The molecule has 2 rings (SSSR count). The molecule has 0 bridgehead atoms. The standard InChI is InChI=1S/C10H18N2O2/c13-9-5-3-1-2-4-8(9)12-7-6-11-10(12)14/h8-9,13H,1-7H2,(H,11,14). The van der Waals surface area contributed by atoms with Gasteiger partial charge in [0.25, 0.3) is 0 Å². The van der Waals surface area contributed by atoms with Crippen LogP contribution in [-0.4, -0.2) is 41.3 Å². The van der Waals surface area contributed by atoms with E-state index in [1.165, 1.54) is 6.42 Å². The average Bonchev–Trinajstić information content (AvgIpc) is 2.46. The molecule has 1 saturated heterocycles. The SMILES string of the molecule is O=C1NCCN1C1CCCCCC1O. The Labute approximate surface area is 84.3 Å². The third kappa shape index (κ3) is 1.85. The molecule has 2 fully saturated rings. The molecule has 0 aromatic rings. The number of hydrogen-bond acceptors (Lipinski definition) is 2. The molecule has 0 aromatic carbocycles. The van der Waals surface area contributed by atoms with E-state index in [9.17, 15) is 9.90 Å². The lowest BCUT2D eigenvalue weighted by molar-refractivity contribution is 0.0708. The maximum atomic E-state index is 11.4. The van der Waals surface area contributed by atoms with Gasteiger partial charge in [0.05, 0.1) is 12.1 Å². The molecule has 2 atom stereocenters. The largest absolute Gasteiger partial charge is 0.391 e. The second-order valence-electron chi connectivity index (χ2n) is 4.20. The Hall–Kier alpha value is -0.770. The minimum Gasteiger partial charge on any atom is -0.391 e. The molecule has 4 heteroatoms. The number of urea groups is 1. The maximum Gasteiger partial charge on any atom is 0.317 e. The van der Waals surface area contributed by atoms with Gasteiger partial charge in [-0.2, -0.15) is 0 Å². The molecular formula is C10H18N2O2. The van der Waals surface area contributed by atoms with Crippen molar-refractivity contribution < 1.29 is 9.90 Å². The van der Waals surface area contributed by atoms with Crippen LogP contribution in [0.25, 0.3) is 0 Å². The summed E-state index contributed by atoms with van der Waals surface area (Å²) in [6.45, 7) is 1.47. The van der Waals surface area contributed by atoms with E-state index in [0.29, 0.717) is 0 Å². The van der Waals surface area contributed by atoms with Gasteiger partial charge in [-0.1, -0.05) is 19.3 Å². The van der Waals surface area contributed by atoms with Crippen molar-refractivity contribution in [3.63, 3.8) is 0 Å². The number of amides is 2. The number of nitrogens with one attached hydrogen (secondary N) is 1. The lowest BCUT2D eigenvalue weighted by Crippen LogP contribution is -2.44. The first-order valence-electron chi connectivity index (χ1n) is 5.51. The third-order valence-corrected chi connectivity index (χ3v) is 3.23. The number of rotatable bonds is 1. The van der Waals surface area contributed by atoms with Crippen LogP contribution in [0.5, 0.6) is 0 Å². The first kappa shape index (κ1) is 9.77. The van der Waals surface area contributed by atoms with Crippen molar-refractivity contribution in [3.05, 3.63) is 0 Å². The Morgan fingerprint density at radius 3 is 2.79 bits per heavy atom. The van der Waals surface area contributed by atoms with Crippen LogP contribution in [0.1, 0.15) is 32.1 Å². The van der Waals surface area contributed by atoms with Gasteiger partial charge in [-0.3, -0.25) is 0 Å². The van der Waals surface area contributed by atoms with Crippen molar-refractivity contribution in [3.8, 4) is 0 Å². The molecule has 4 nitrogen and oxygen atoms in total. The van der Waals surface area contributed by atoms with Crippen LogP contribution in [0.3, 0.4) is 0 Å². The Bertz CT molecular complexity index is 220. The topological polar surface area (TPSA) is 52.6 Å². The first-order valence-corrected chi connectivity index (χ1v) is 5.51. The molecule has 0 spiro atoms. The third-order valence-electron chi connectivity index (χ3n) is 3.23. The van der Waals surface area contributed by atoms with Crippen molar-refractivity contribution in [2.45, 2.75) is 44.2 Å². The lowest BCUT2D eigenvalue weighted by atomic mass is 10.0. The zero-order chi connectivity index (χ0) is 9.97. The second-order valence-corrected chi connectivity index (χ2v) is 4.20. The second kappa shape index (κ2) is 4.17. The fourth-order valence-corrected chi connectivity index (χ4v) is 2.43. The molecule has 1 aliphatic heterocycles. The van der Waals surface area contributed by atoms with Gasteiger partial charge in [0.2, 0.25) is 0 Å². The van der Waals surface area contributed by atoms with E-state index >= 15 is 0 Å². The van der Waals surface area contributed by atoms with Gasteiger partial charge >= 0.3 is 6.03 Å². The summed E-state index contributed by atoms with van der Waals surface area (Å²) < 4.78 is 0. The van der Waals surface area contributed by atoms with Crippen LogP contribution in [0.15, 0.2) is 0 Å². The summed E-state index contributed by atoms with van der Waals surface area (Å²) in [6, 6.07) is 0.0518. The minimum atomic E-state index is -0.318. The number of carbonyl (C=O) groups is 1. The van der Waals surface area contributed by atoms with Crippen LogP contribution in [0, 0.1) is 0 Å². The van der Waals surface area contributed by atoms with Gasteiger partial charge in [0, 0.05) is 13.1 Å². The van der Waals surface area contributed by atoms with Crippen LogP contribution in [-0.2, 0) is 0 Å². The van der Waals surface area contributed by atoms with Crippen molar-refractivity contribution in [1.29, 1.82) is 0 Å². The Balaban J connectivity index is 2.02. The van der Waals surface area contributed by atoms with Gasteiger partial charge in [-0.05, 0) is 12.8 Å². The highest BCUT2D eigenvalue weighted by atomic mass is 16.3. The Morgan fingerprint density at radius 1 is 1.29 bits per heavy atom. The molecule has 2 N–H and O–H groups in total. The van der Waals surface area contributed by atoms with Crippen LogP contribution < -0.4 is 5.32 Å². The molecule has 2 aliphatic rings. The highest BCUT2D eigenvalue weighted by molar-refractivity contribution is 5.76. The maximum absolute atomic E-state index is 11.4. The summed E-state index contributed by atoms with van der Waals surface area (Å²) in [4.78, 5) is 13.2. The van der Waals surface area contributed by atoms with E-state index in [2.05, 4.69) is 5.32 Å². The van der Waals surface area contributed by atoms with E-state index in [-0.39, 0.29) is 18.2 Å². The summed E-state index contributed by atoms with van der Waals surface area (Å²) in [5.74, 6) is 0. The number of hydrogen-bond donors (Lipinski definition) is 2. The normalized spacial score (nSPS) is 34.1. The number of aliphatic hydroxyl groups is 1. The monoisotopic (exact) mass is 198 g/mol. The van der Waals surface area contributed by atoms with E-state index in [4.69, 9.17) is 0 Å². The van der Waals surface area contributed by atoms with E-state index in [1.807, 2.05) is 0 Å². The predicted molar refractivity (Wildman–Crippen MR) is 53.0 cm³/mol. The van der Waals surface area contributed by atoms with Gasteiger partial charge in [-0.15, -0.1) is 0 Å². The fraction of sp³-hybridized carbons (Fsp3) is 0.900. The average molecular weight is 198 g/mol. The molecular weight excluding hydrogens is 180 g/mol. The van der Waals surface area contributed by atoms with E-state index in [0.717, 1.165) is 38.8 Å². The minimum absolute atomic E-state index is 0.00375. The molecule has 2 amide bonds. The molecule has 1 saturated carbocycles. The summed E-state index contributed by atoms with van der Waals surface area (Å²) in [5.41, 5.74) is 0. The summed E-state index contributed by atoms with van der Waals surface area (Å²) in [5, 5.41) is 12.7. The molecule has 80 valence electrons. The van der Waals surface area contributed by atoms with Gasteiger partial charge in [0.1, 0.15) is 0 Å². The zero-order valence-corrected chi connectivity index (χ0v) is 8.41. The van der Waals surface area contributed by atoms with Crippen molar-refractivity contribution >= 4 is 6.03 Å². The molecule has 14 heavy (non-hydrogen) atoms. The van der Waals surface area contributed by atoms with Crippen LogP contribution in [0.2, 0.25) is 0 Å². The first-order chi connectivity index (χ1) is 6.79. The number of nitrogens with zero attached hydrogens (tertiary/aromatic N) is 1. The highest BCUT2D eigenvalue weighted by Gasteiger charge is 2.32. The zero-order valence-electron chi connectivity index (χ0n) is 8.41. The molecule has 2 unspecified atom stereocenters. The quantitative estimate of drug-likeness (QED) is 0.609. The summed E-state index contributed by atoms with van der Waals surface area (Å²) in [7, 11) is 0. The van der Waals surface area contributed by atoms with Gasteiger partial charge in [-0.25, -0.2) is 4.79 Å². The van der Waals surface area contributed by atoms with Crippen molar-refractivity contribution in [1.82, 2.24) is 10.2 Å². The number of carbonyl (C=O) groups excluding carboxylic acids is 1. The van der Waals surface area contributed by atoms with Crippen molar-refractivity contribution in [2.75, 3.05) is 13.1 Å². The van der Waals surface area contributed by atoms with E-state index in [1.54, 1.807) is 4.90 Å². The molecule has 0 aromatic heterocycles. The summed E-state index contributed by atoms with van der Waals surface area (Å²) >= 11 is 0. The van der Waals surface area contributed by atoms with Crippen molar-refractivity contribution in [2.24, 2.45) is 0 Å². The molecule has 0 radical (unpaired) electrons. The Morgan fingerprint density at radius 2 is 2.07 bits per heavy atom.